The molecule has 2 aromatic rings. The Morgan fingerprint density at radius 2 is 1.85 bits per heavy atom. The molecule has 0 radical (unpaired) electrons. The highest BCUT2D eigenvalue weighted by atomic mass is 35.5. The van der Waals surface area contributed by atoms with Crippen LogP contribution in [0.5, 0.6) is 0 Å². The number of nitrogens with zero attached hydrogens (tertiary/aromatic N) is 2. The van der Waals surface area contributed by atoms with Crippen molar-refractivity contribution < 1.29 is 4.79 Å². The lowest BCUT2D eigenvalue weighted by molar-refractivity contribution is 0.108. The number of aromatic nitrogens is 2. The first-order valence-electron chi connectivity index (χ1n) is 3.67. The normalized spacial score (nSPS) is 10.2. The molecule has 0 aliphatic carbocycles. The molecule has 13 heavy (non-hydrogen) atoms. The van der Waals surface area contributed by atoms with Gasteiger partial charge in [-0.2, -0.15) is 10.2 Å². The second kappa shape index (κ2) is 3.11. The Balaban J connectivity index is 2.69. The second-order valence-electron chi connectivity index (χ2n) is 2.61. The average molecular weight is 193 g/mol. The standard InChI is InChI=1S/C9H5ClN2O/c10-9(13)6-1-2-7-4-11-12-5-8(7)3-6/h1-5H. The van der Waals surface area contributed by atoms with Gasteiger partial charge in [0.1, 0.15) is 0 Å². The highest BCUT2D eigenvalue weighted by Crippen LogP contribution is 2.14. The van der Waals surface area contributed by atoms with E-state index in [4.69, 9.17) is 11.6 Å². The third-order valence-corrected chi connectivity index (χ3v) is 1.99. The predicted octanol–water partition coefficient (Wildman–Crippen LogP) is 2.01. The van der Waals surface area contributed by atoms with Gasteiger partial charge >= 0.3 is 0 Å². The van der Waals surface area contributed by atoms with E-state index in [1.807, 2.05) is 0 Å². The molecule has 2 rings (SSSR count). The molecule has 0 fully saturated rings. The molecule has 0 bridgehead atoms. The summed E-state index contributed by atoms with van der Waals surface area (Å²) in [6.07, 6.45) is 3.23. The number of hydrogen-bond donors (Lipinski definition) is 0. The van der Waals surface area contributed by atoms with Crippen molar-refractivity contribution in [1.82, 2.24) is 10.2 Å². The van der Waals surface area contributed by atoms with Gasteiger partial charge in [-0.05, 0) is 23.7 Å². The number of benzene rings is 1. The maximum absolute atomic E-state index is 10.8. The fraction of sp³-hybridized carbons (Fsp3) is 0. The zero-order valence-corrected chi connectivity index (χ0v) is 7.32. The highest BCUT2D eigenvalue weighted by Gasteiger charge is 2.02. The summed E-state index contributed by atoms with van der Waals surface area (Å²) in [5.74, 6) is 0. The summed E-state index contributed by atoms with van der Waals surface area (Å²) >= 11 is 5.33. The molecule has 0 amide bonds. The van der Waals surface area contributed by atoms with E-state index in [2.05, 4.69) is 10.2 Å². The molecule has 0 N–H and O–H groups in total. The molecule has 3 nitrogen and oxygen atoms in total. The minimum absolute atomic E-state index is 0.460. The maximum atomic E-state index is 10.8. The molecule has 0 atom stereocenters. The molecular weight excluding hydrogens is 188 g/mol. The van der Waals surface area contributed by atoms with Crippen LogP contribution >= 0.6 is 11.6 Å². The molecule has 64 valence electrons. The van der Waals surface area contributed by atoms with Gasteiger partial charge in [-0.3, -0.25) is 4.79 Å². The number of rotatable bonds is 1. The molecule has 0 aliphatic heterocycles. The van der Waals surface area contributed by atoms with E-state index in [9.17, 15) is 4.79 Å². The van der Waals surface area contributed by atoms with Gasteiger partial charge in [-0.25, -0.2) is 0 Å². The Morgan fingerprint density at radius 1 is 1.15 bits per heavy atom. The van der Waals surface area contributed by atoms with Crippen molar-refractivity contribution >= 4 is 27.6 Å². The van der Waals surface area contributed by atoms with Gasteiger partial charge in [-0.15, -0.1) is 0 Å². The molecule has 1 aromatic heterocycles. The average Bonchev–Trinajstić information content (AvgIpc) is 2.17. The van der Waals surface area contributed by atoms with E-state index >= 15 is 0 Å². The van der Waals surface area contributed by atoms with Crippen molar-refractivity contribution in [2.75, 3.05) is 0 Å². The first kappa shape index (κ1) is 8.13. The molecule has 0 saturated carbocycles. The number of carbonyl (C=O) groups excluding carboxylic acids is 1. The lowest BCUT2D eigenvalue weighted by Crippen LogP contribution is -1.88. The third kappa shape index (κ3) is 1.51. The van der Waals surface area contributed by atoms with E-state index in [1.54, 1.807) is 30.6 Å². The van der Waals surface area contributed by atoms with E-state index < -0.39 is 5.24 Å². The minimum Gasteiger partial charge on any atom is -0.276 e. The number of fused-ring (bicyclic) bond motifs is 1. The van der Waals surface area contributed by atoms with Crippen LogP contribution in [-0.4, -0.2) is 15.4 Å². The van der Waals surface area contributed by atoms with Crippen molar-refractivity contribution in [3.63, 3.8) is 0 Å². The predicted molar refractivity (Wildman–Crippen MR) is 49.7 cm³/mol. The first-order chi connectivity index (χ1) is 6.27. The highest BCUT2D eigenvalue weighted by molar-refractivity contribution is 6.67. The molecule has 1 heterocycles. The Morgan fingerprint density at radius 3 is 2.54 bits per heavy atom. The quantitative estimate of drug-likeness (QED) is 0.650. The summed E-state index contributed by atoms with van der Waals surface area (Å²) in [7, 11) is 0. The molecule has 0 saturated heterocycles. The van der Waals surface area contributed by atoms with Crippen LogP contribution in [0.1, 0.15) is 10.4 Å². The van der Waals surface area contributed by atoms with Gasteiger partial charge < -0.3 is 0 Å². The summed E-state index contributed by atoms with van der Waals surface area (Å²) in [6, 6.07) is 5.15. The lowest BCUT2D eigenvalue weighted by atomic mass is 10.1. The second-order valence-corrected chi connectivity index (χ2v) is 2.95. The van der Waals surface area contributed by atoms with Gasteiger partial charge in [0.15, 0.2) is 0 Å². The van der Waals surface area contributed by atoms with Gasteiger partial charge in [0, 0.05) is 16.3 Å². The van der Waals surface area contributed by atoms with Gasteiger partial charge in [-0.1, -0.05) is 6.07 Å². The summed E-state index contributed by atoms with van der Waals surface area (Å²) in [6.45, 7) is 0. The molecule has 0 unspecified atom stereocenters. The van der Waals surface area contributed by atoms with Crippen molar-refractivity contribution in [1.29, 1.82) is 0 Å². The van der Waals surface area contributed by atoms with E-state index in [0.29, 0.717) is 5.56 Å². The van der Waals surface area contributed by atoms with Crippen LogP contribution in [0.15, 0.2) is 30.6 Å². The SMILES string of the molecule is O=C(Cl)c1ccc2cnncc2c1. The number of halogens is 1. The van der Waals surface area contributed by atoms with E-state index in [0.717, 1.165) is 10.8 Å². The van der Waals surface area contributed by atoms with Gasteiger partial charge in [0.05, 0.1) is 12.4 Å². The maximum Gasteiger partial charge on any atom is 0.252 e. The monoisotopic (exact) mass is 192 g/mol. The summed E-state index contributed by atoms with van der Waals surface area (Å²) < 4.78 is 0. The molecule has 1 aromatic carbocycles. The van der Waals surface area contributed by atoms with E-state index in [-0.39, 0.29) is 0 Å². The Labute approximate surface area is 79.4 Å². The lowest BCUT2D eigenvalue weighted by Gasteiger charge is -1.96. The largest absolute Gasteiger partial charge is 0.276 e. The van der Waals surface area contributed by atoms with Gasteiger partial charge in [0.25, 0.3) is 5.24 Å². The van der Waals surface area contributed by atoms with Crippen molar-refractivity contribution in [2.24, 2.45) is 0 Å². The van der Waals surface area contributed by atoms with Crippen LogP contribution in [0.4, 0.5) is 0 Å². The summed E-state index contributed by atoms with van der Waals surface area (Å²) in [5.41, 5.74) is 0.474. The summed E-state index contributed by atoms with van der Waals surface area (Å²) in [5, 5.41) is 8.77. The summed E-state index contributed by atoms with van der Waals surface area (Å²) in [4.78, 5) is 10.8. The number of carbonyl (C=O) groups is 1. The zero-order chi connectivity index (χ0) is 9.26. The topological polar surface area (TPSA) is 42.9 Å². The molecular formula is C9H5ClN2O. The van der Waals surface area contributed by atoms with Gasteiger partial charge in [0.2, 0.25) is 0 Å². The van der Waals surface area contributed by atoms with Crippen molar-refractivity contribution in [2.45, 2.75) is 0 Å². The van der Waals surface area contributed by atoms with Crippen LogP contribution < -0.4 is 0 Å². The molecule has 0 spiro atoms. The van der Waals surface area contributed by atoms with Crippen LogP contribution in [0, 0.1) is 0 Å². The van der Waals surface area contributed by atoms with E-state index in [1.165, 1.54) is 0 Å². The van der Waals surface area contributed by atoms with Crippen LogP contribution in [0.2, 0.25) is 0 Å². The smallest absolute Gasteiger partial charge is 0.252 e. The number of hydrogen-bond acceptors (Lipinski definition) is 3. The molecule has 0 aliphatic rings. The van der Waals surface area contributed by atoms with Crippen LogP contribution in [0.25, 0.3) is 10.8 Å². The fourth-order valence-corrected chi connectivity index (χ4v) is 1.24. The third-order valence-electron chi connectivity index (χ3n) is 1.77. The fourth-order valence-electron chi connectivity index (χ4n) is 1.12. The Bertz CT molecular complexity index is 470. The Kier molecular flexibility index (Phi) is 1.94. The zero-order valence-electron chi connectivity index (χ0n) is 6.57. The van der Waals surface area contributed by atoms with Crippen molar-refractivity contribution in [3.05, 3.63) is 36.2 Å². The van der Waals surface area contributed by atoms with Crippen LogP contribution in [0.3, 0.4) is 0 Å². The first-order valence-corrected chi connectivity index (χ1v) is 4.05. The Hall–Kier alpha value is -1.48. The van der Waals surface area contributed by atoms with Crippen LogP contribution in [-0.2, 0) is 0 Å². The molecule has 4 heteroatoms. The minimum atomic E-state index is -0.460. The van der Waals surface area contributed by atoms with Crippen molar-refractivity contribution in [3.8, 4) is 0 Å².